The minimum absolute atomic E-state index is 0.190. The van der Waals surface area contributed by atoms with E-state index in [9.17, 15) is 4.79 Å². The van der Waals surface area contributed by atoms with Crippen LogP contribution in [0.1, 0.15) is 46.3 Å². The molecular weight excluding hydrogens is 258 g/mol. The summed E-state index contributed by atoms with van der Waals surface area (Å²) in [5.41, 5.74) is 3.46. The molecule has 1 fully saturated rings. The molecule has 5 heteroatoms. The van der Waals surface area contributed by atoms with Crippen LogP contribution in [0.3, 0.4) is 0 Å². The molecule has 0 aliphatic carbocycles. The Labute approximate surface area is 118 Å². The molecule has 1 aromatic rings. The predicted octanol–water partition coefficient (Wildman–Crippen LogP) is 2.28. The lowest BCUT2D eigenvalue weighted by Gasteiger charge is -2.32. The standard InChI is InChI=1S/C14H23N3OS/c1-3-11-5-4-6-17(8-11)9-12-7-13(14(18)16-15)19-10(12)2/h7,11H,3-6,8-9,15H2,1-2H3,(H,16,18). The number of likely N-dealkylation sites (tertiary alicyclic amines) is 1. The molecule has 19 heavy (non-hydrogen) atoms. The summed E-state index contributed by atoms with van der Waals surface area (Å²) in [6.45, 7) is 7.66. The molecule has 1 aromatic heterocycles. The van der Waals surface area contributed by atoms with Crippen LogP contribution in [0.5, 0.6) is 0 Å². The highest BCUT2D eigenvalue weighted by atomic mass is 32.1. The van der Waals surface area contributed by atoms with Crippen LogP contribution in [0.4, 0.5) is 0 Å². The van der Waals surface area contributed by atoms with Crippen LogP contribution in [0.2, 0.25) is 0 Å². The van der Waals surface area contributed by atoms with Crippen molar-refractivity contribution in [2.45, 2.75) is 39.7 Å². The molecular formula is C14H23N3OS. The van der Waals surface area contributed by atoms with Gasteiger partial charge in [0.05, 0.1) is 4.88 Å². The normalized spacial score (nSPS) is 20.5. The molecule has 0 spiro atoms. The van der Waals surface area contributed by atoms with Gasteiger partial charge in [0.25, 0.3) is 5.91 Å². The van der Waals surface area contributed by atoms with Crippen molar-refractivity contribution >= 4 is 17.2 Å². The summed E-state index contributed by atoms with van der Waals surface area (Å²) in [6, 6.07) is 1.98. The van der Waals surface area contributed by atoms with Crippen LogP contribution in [0.15, 0.2) is 6.07 Å². The van der Waals surface area contributed by atoms with Gasteiger partial charge in [-0.05, 0) is 43.9 Å². The third-order valence-electron chi connectivity index (χ3n) is 3.95. The Kier molecular flexibility index (Phi) is 4.96. The Balaban J connectivity index is 2.02. The lowest BCUT2D eigenvalue weighted by molar-refractivity contribution is 0.0957. The number of carbonyl (C=O) groups is 1. The Bertz CT molecular complexity index is 444. The molecule has 1 unspecified atom stereocenters. The molecule has 0 bridgehead atoms. The number of nitrogens with one attached hydrogen (secondary N) is 1. The topological polar surface area (TPSA) is 58.4 Å². The summed E-state index contributed by atoms with van der Waals surface area (Å²) in [5.74, 6) is 5.82. The van der Waals surface area contributed by atoms with Gasteiger partial charge < -0.3 is 0 Å². The van der Waals surface area contributed by atoms with E-state index >= 15 is 0 Å². The molecule has 2 heterocycles. The summed E-state index contributed by atoms with van der Waals surface area (Å²) < 4.78 is 0. The van der Waals surface area contributed by atoms with E-state index in [4.69, 9.17) is 5.84 Å². The highest BCUT2D eigenvalue weighted by molar-refractivity contribution is 7.14. The maximum atomic E-state index is 11.5. The average Bonchev–Trinajstić information content (AvgIpc) is 2.79. The molecule has 0 aromatic carbocycles. The Morgan fingerprint density at radius 1 is 1.63 bits per heavy atom. The van der Waals surface area contributed by atoms with E-state index in [0.29, 0.717) is 4.88 Å². The zero-order chi connectivity index (χ0) is 13.8. The van der Waals surface area contributed by atoms with Crippen LogP contribution < -0.4 is 11.3 Å². The predicted molar refractivity (Wildman–Crippen MR) is 79.0 cm³/mol. The van der Waals surface area contributed by atoms with E-state index < -0.39 is 0 Å². The Hall–Kier alpha value is -0.910. The van der Waals surface area contributed by atoms with Gasteiger partial charge in [-0.3, -0.25) is 15.1 Å². The second-order valence-electron chi connectivity index (χ2n) is 5.32. The number of nitrogens with two attached hydrogens (primary N) is 1. The summed E-state index contributed by atoms with van der Waals surface area (Å²) in [5, 5.41) is 0. The van der Waals surface area contributed by atoms with Gasteiger partial charge in [-0.25, -0.2) is 5.84 Å². The van der Waals surface area contributed by atoms with E-state index in [0.717, 1.165) is 12.5 Å². The number of carbonyl (C=O) groups excluding carboxylic acids is 1. The van der Waals surface area contributed by atoms with E-state index in [1.54, 1.807) is 0 Å². The van der Waals surface area contributed by atoms with Crippen molar-refractivity contribution in [3.63, 3.8) is 0 Å². The van der Waals surface area contributed by atoms with Crippen LogP contribution in [-0.4, -0.2) is 23.9 Å². The maximum absolute atomic E-state index is 11.5. The second-order valence-corrected chi connectivity index (χ2v) is 6.57. The van der Waals surface area contributed by atoms with Gasteiger partial charge in [-0.15, -0.1) is 11.3 Å². The van der Waals surface area contributed by atoms with E-state index in [1.807, 2.05) is 6.07 Å². The molecule has 1 aliphatic rings. The van der Waals surface area contributed by atoms with Gasteiger partial charge in [0.15, 0.2) is 0 Å². The summed E-state index contributed by atoms with van der Waals surface area (Å²) in [6.07, 6.45) is 3.91. The van der Waals surface area contributed by atoms with Gasteiger partial charge in [-0.1, -0.05) is 13.3 Å². The highest BCUT2D eigenvalue weighted by Gasteiger charge is 2.20. The number of hydrogen-bond donors (Lipinski definition) is 2. The van der Waals surface area contributed by atoms with E-state index in [2.05, 4.69) is 24.2 Å². The quantitative estimate of drug-likeness (QED) is 0.506. The number of nitrogens with zero attached hydrogens (tertiary/aromatic N) is 1. The zero-order valence-corrected chi connectivity index (χ0v) is 12.6. The fourth-order valence-corrected chi connectivity index (χ4v) is 3.67. The number of amides is 1. The van der Waals surface area contributed by atoms with Crippen molar-refractivity contribution < 1.29 is 4.79 Å². The maximum Gasteiger partial charge on any atom is 0.275 e. The SMILES string of the molecule is CCC1CCCN(Cc2cc(C(=O)NN)sc2C)C1. The lowest BCUT2D eigenvalue weighted by Crippen LogP contribution is -2.34. The average molecular weight is 281 g/mol. The summed E-state index contributed by atoms with van der Waals surface area (Å²) in [7, 11) is 0. The van der Waals surface area contributed by atoms with Crippen LogP contribution in [0.25, 0.3) is 0 Å². The van der Waals surface area contributed by atoms with Crippen molar-refractivity contribution in [2.24, 2.45) is 11.8 Å². The van der Waals surface area contributed by atoms with Crippen molar-refractivity contribution in [3.05, 3.63) is 21.4 Å². The molecule has 4 nitrogen and oxygen atoms in total. The molecule has 106 valence electrons. The molecule has 1 aliphatic heterocycles. The van der Waals surface area contributed by atoms with Gasteiger partial charge in [0.1, 0.15) is 0 Å². The second kappa shape index (κ2) is 6.50. The van der Waals surface area contributed by atoms with Crippen molar-refractivity contribution in [2.75, 3.05) is 13.1 Å². The number of piperidine rings is 1. The van der Waals surface area contributed by atoms with Crippen LogP contribution in [0, 0.1) is 12.8 Å². The molecule has 2 rings (SSSR count). The minimum Gasteiger partial charge on any atom is -0.299 e. The first-order valence-corrected chi connectivity index (χ1v) is 7.78. The third kappa shape index (κ3) is 3.55. The first-order chi connectivity index (χ1) is 9.13. The van der Waals surface area contributed by atoms with Crippen LogP contribution in [-0.2, 0) is 6.54 Å². The van der Waals surface area contributed by atoms with Crippen LogP contribution >= 0.6 is 11.3 Å². The zero-order valence-electron chi connectivity index (χ0n) is 11.7. The number of rotatable bonds is 4. The van der Waals surface area contributed by atoms with Crippen molar-refractivity contribution in [1.82, 2.24) is 10.3 Å². The van der Waals surface area contributed by atoms with E-state index in [-0.39, 0.29) is 5.91 Å². The van der Waals surface area contributed by atoms with Gasteiger partial charge in [0.2, 0.25) is 0 Å². The smallest absolute Gasteiger partial charge is 0.275 e. The van der Waals surface area contributed by atoms with Crippen molar-refractivity contribution in [3.8, 4) is 0 Å². The molecule has 1 amide bonds. The first-order valence-electron chi connectivity index (χ1n) is 6.96. The Morgan fingerprint density at radius 2 is 2.42 bits per heavy atom. The molecule has 1 saturated heterocycles. The summed E-state index contributed by atoms with van der Waals surface area (Å²) >= 11 is 1.52. The molecule has 1 atom stereocenters. The first kappa shape index (κ1) is 14.5. The van der Waals surface area contributed by atoms with Gasteiger partial charge in [0, 0.05) is 18.0 Å². The lowest BCUT2D eigenvalue weighted by atomic mass is 9.95. The number of hydrazine groups is 1. The highest BCUT2D eigenvalue weighted by Crippen LogP contribution is 2.26. The monoisotopic (exact) mass is 281 g/mol. The third-order valence-corrected chi connectivity index (χ3v) is 5.04. The van der Waals surface area contributed by atoms with E-state index in [1.165, 1.54) is 54.1 Å². The number of nitrogen functional groups attached to an aromatic ring is 1. The molecule has 0 radical (unpaired) electrons. The molecule has 0 saturated carbocycles. The number of hydrogen-bond acceptors (Lipinski definition) is 4. The Morgan fingerprint density at radius 3 is 3.11 bits per heavy atom. The van der Waals surface area contributed by atoms with Crippen molar-refractivity contribution in [1.29, 1.82) is 0 Å². The fourth-order valence-electron chi connectivity index (χ4n) is 2.73. The van der Waals surface area contributed by atoms with Gasteiger partial charge >= 0.3 is 0 Å². The largest absolute Gasteiger partial charge is 0.299 e. The number of thiophene rings is 1. The fraction of sp³-hybridized carbons (Fsp3) is 0.643. The van der Waals surface area contributed by atoms with Gasteiger partial charge in [-0.2, -0.15) is 0 Å². The molecule has 3 N–H and O–H groups in total. The number of aryl methyl sites for hydroxylation is 1. The minimum atomic E-state index is -0.190. The summed E-state index contributed by atoms with van der Waals surface area (Å²) in [4.78, 5) is 16.0.